The lowest BCUT2D eigenvalue weighted by Gasteiger charge is -2.11. The first kappa shape index (κ1) is 14.1. The largest absolute Gasteiger partial charge is 0.469 e. The van der Waals surface area contributed by atoms with Gasteiger partial charge in [-0.2, -0.15) is 13.2 Å². The fourth-order valence-corrected chi connectivity index (χ4v) is 2.90. The molecule has 1 aliphatic rings. The molecule has 4 nitrogen and oxygen atoms in total. The smallest absolute Gasteiger partial charge is 0.427 e. The highest BCUT2D eigenvalue weighted by Crippen LogP contribution is 2.36. The van der Waals surface area contributed by atoms with Crippen molar-refractivity contribution in [1.82, 2.24) is 4.98 Å². The van der Waals surface area contributed by atoms with Gasteiger partial charge in [0, 0.05) is 6.04 Å². The number of halogens is 3. The van der Waals surface area contributed by atoms with E-state index in [9.17, 15) is 18.0 Å². The van der Waals surface area contributed by atoms with Crippen molar-refractivity contribution < 1.29 is 22.7 Å². The number of alkyl halides is 3. The molecule has 1 aromatic rings. The van der Waals surface area contributed by atoms with E-state index in [1.807, 2.05) is 0 Å². The Morgan fingerprint density at radius 3 is 2.84 bits per heavy atom. The third-order valence-electron chi connectivity index (χ3n) is 3.08. The van der Waals surface area contributed by atoms with Crippen LogP contribution in [0.2, 0.25) is 0 Å². The van der Waals surface area contributed by atoms with Crippen molar-refractivity contribution in [2.75, 3.05) is 12.4 Å². The summed E-state index contributed by atoms with van der Waals surface area (Å²) < 4.78 is 41.9. The monoisotopic (exact) mass is 294 g/mol. The minimum atomic E-state index is -4.36. The summed E-state index contributed by atoms with van der Waals surface area (Å²) in [5.74, 6) is -0.441. The molecule has 8 heteroatoms. The zero-order chi connectivity index (χ0) is 14.0. The van der Waals surface area contributed by atoms with Gasteiger partial charge in [0.05, 0.1) is 19.2 Å². The molecule has 1 aromatic heterocycles. The van der Waals surface area contributed by atoms with Gasteiger partial charge in [-0.1, -0.05) is 11.3 Å². The Kier molecular flexibility index (Phi) is 3.98. The van der Waals surface area contributed by atoms with Crippen molar-refractivity contribution in [2.45, 2.75) is 31.5 Å². The Morgan fingerprint density at radius 1 is 1.53 bits per heavy atom. The number of anilines is 1. The Labute approximate surface area is 112 Å². The highest BCUT2D eigenvalue weighted by Gasteiger charge is 2.34. The van der Waals surface area contributed by atoms with E-state index in [0.29, 0.717) is 24.2 Å². The van der Waals surface area contributed by atoms with E-state index in [1.54, 1.807) is 0 Å². The van der Waals surface area contributed by atoms with Crippen molar-refractivity contribution in [3.8, 4) is 0 Å². The molecule has 0 unspecified atom stereocenters. The van der Waals surface area contributed by atoms with Crippen molar-refractivity contribution >= 4 is 22.4 Å². The quantitative estimate of drug-likeness (QED) is 0.871. The molecule has 19 heavy (non-hydrogen) atoms. The summed E-state index contributed by atoms with van der Waals surface area (Å²) >= 11 is 0.579. The number of nitrogens with zero attached hydrogens (tertiary/aromatic N) is 1. The normalized spacial score (nSPS) is 23.4. The number of hydrogen-bond acceptors (Lipinski definition) is 5. The van der Waals surface area contributed by atoms with Crippen LogP contribution in [-0.4, -0.2) is 24.1 Å². The molecule has 0 radical (unpaired) electrons. The third-order valence-corrected chi connectivity index (χ3v) is 4.05. The number of rotatable bonds is 3. The molecule has 0 aliphatic heterocycles. The van der Waals surface area contributed by atoms with Crippen LogP contribution in [0.1, 0.15) is 24.1 Å². The van der Waals surface area contributed by atoms with Gasteiger partial charge in [-0.3, -0.25) is 4.79 Å². The zero-order valence-corrected chi connectivity index (χ0v) is 11.0. The molecule has 0 bridgehead atoms. The molecule has 0 saturated heterocycles. The lowest BCUT2D eigenvalue weighted by Crippen LogP contribution is -2.18. The number of methoxy groups -OCH3 is 1. The average molecular weight is 294 g/mol. The summed E-state index contributed by atoms with van der Waals surface area (Å²) in [7, 11) is 1.33. The van der Waals surface area contributed by atoms with Crippen LogP contribution in [0.5, 0.6) is 0 Å². The van der Waals surface area contributed by atoms with Crippen LogP contribution >= 0.6 is 11.3 Å². The van der Waals surface area contributed by atoms with Crippen LogP contribution in [0.25, 0.3) is 0 Å². The molecule has 1 N–H and O–H groups in total. The van der Waals surface area contributed by atoms with Gasteiger partial charge in [-0.05, 0) is 19.3 Å². The highest BCUT2D eigenvalue weighted by atomic mass is 32.1. The molecule has 1 fully saturated rings. The summed E-state index contributed by atoms with van der Waals surface area (Å²) in [5.41, 5.74) is 0. The second-order valence-electron chi connectivity index (χ2n) is 4.40. The number of carbonyl (C=O) groups excluding carboxylic acids is 1. The number of esters is 1. The molecule has 2 rings (SSSR count). The number of ether oxygens (including phenoxy) is 1. The van der Waals surface area contributed by atoms with E-state index < -0.39 is 11.1 Å². The van der Waals surface area contributed by atoms with E-state index in [2.05, 4.69) is 15.0 Å². The first-order valence-corrected chi connectivity index (χ1v) is 6.59. The summed E-state index contributed by atoms with van der Waals surface area (Å²) in [6, 6.07) is -0.0312. The van der Waals surface area contributed by atoms with Gasteiger partial charge in [0.15, 0.2) is 5.13 Å². The number of aromatic nitrogens is 1. The molecule has 2 atom stereocenters. The topological polar surface area (TPSA) is 51.2 Å². The maximum atomic E-state index is 12.4. The van der Waals surface area contributed by atoms with E-state index in [4.69, 9.17) is 0 Å². The van der Waals surface area contributed by atoms with Gasteiger partial charge in [-0.15, -0.1) is 0 Å². The summed E-state index contributed by atoms with van der Waals surface area (Å²) in [5, 5.41) is 3.18. The number of thiazole rings is 1. The third kappa shape index (κ3) is 3.37. The molecular weight excluding hydrogens is 281 g/mol. The molecular formula is C11H13F3N2O2S. The van der Waals surface area contributed by atoms with Crippen LogP contribution in [0.3, 0.4) is 0 Å². The predicted octanol–water partition coefficient (Wildman–Crippen LogP) is 2.92. The minimum Gasteiger partial charge on any atom is -0.469 e. The average Bonchev–Trinajstić information content (AvgIpc) is 2.97. The minimum absolute atomic E-state index is 0.0312. The maximum absolute atomic E-state index is 12.4. The van der Waals surface area contributed by atoms with Crippen molar-refractivity contribution in [3.05, 3.63) is 11.1 Å². The van der Waals surface area contributed by atoms with Gasteiger partial charge >= 0.3 is 12.1 Å². The summed E-state index contributed by atoms with van der Waals surface area (Å²) in [6.45, 7) is 0. The van der Waals surface area contributed by atoms with Crippen molar-refractivity contribution in [2.24, 2.45) is 5.92 Å². The SMILES string of the molecule is COC(=O)[C@H]1CC[C@@H](Nc2ncc(C(F)(F)F)s2)C1. The molecule has 106 valence electrons. The van der Waals surface area contributed by atoms with Crippen LogP contribution < -0.4 is 5.32 Å². The lowest BCUT2D eigenvalue weighted by atomic mass is 10.1. The van der Waals surface area contributed by atoms with Gasteiger partial charge in [0.2, 0.25) is 0 Å². The van der Waals surface area contributed by atoms with Crippen molar-refractivity contribution in [1.29, 1.82) is 0 Å². The predicted molar refractivity (Wildman–Crippen MR) is 63.9 cm³/mol. The fourth-order valence-electron chi connectivity index (χ4n) is 2.14. The summed E-state index contributed by atoms with van der Waals surface area (Å²) in [4.78, 5) is 14.3. The molecule has 0 spiro atoms. The maximum Gasteiger partial charge on any atom is 0.427 e. The molecule has 1 heterocycles. The second-order valence-corrected chi connectivity index (χ2v) is 5.43. The number of hydrogen-bond donors (Lipinski definition) is 1. The van der Waals surface area contributed by atoms with E-state index in [0.717, 1.165) is 12.6 Å². The van der Waals surface area contributed by atoms with E-state index in [-0.39, 0.29) is 23.1 Å². The fraction of sp³-hybridized carbons (Fsp3) is 0.636. The second kappa shape index (κ2) is 5.36. The first-order valence-electron chi connectivity index (χ1n) is 5.77. The van der Waals surface area contributed by atoms with Gasteiger partial charge in [0.25, 0.3) is 0 Å². The van der Waals surface area contributed by atoms with E-state index in [1.165, 1.54) is 7.11 Å². The van der Waals surface area contributed by atoms with Gasteiger partial charge in [0.1, 0.15) is 4.88 Å². The lowest BCUT2D eigenvalue weighted by molar-refractivity contribution is -0.145. The Balaban J connectivity index is 1.92. The van der Waals surface area contributed by atoms with Crippen LogP contribution in [-0.2, 0) is 15.7 Å². The standard InChI is InChI=1S/C11H13F3N2O2S/c1-18-9(17)6-2-3-7(4-6)16-10-15-5-8(19-10)11(12,13)14/h5-7H,2-4H2,1H3,(H,15,16)/t6-,7+/m0/s1. The van der Waals surface area contributed by atoms with Crippen LogP contribution in [0.4, 0.5) is 18.3 Å². The molecule has 1 saturated carbocycles. The van der Waals surface area contributed by atoms with Crippen LogP contribution in [0.15, 0.2) is 6.20 Å². The summed E-state index contributed by atoms with van der Waals surface area (Å²) in [6.07, 6.45) is -1.57. The molecule has 1 aliphatic carbocycles. The molecule has 0 amide bonds. The van der Waals surface area contributed by atoms with Crippen molar-refractivity contribution in [3.63, 3.8) is 0 Å². The number of carbonyl (C=O) groups is 1. The highest BCUT2D eigenvalue weighted by molar-refractivity contribution is 7.15. The Morgan fingerprint density at radius 2 is 2.26 bits per heavy atom. The first-order chi connectivity index (χ1) is 8.90. The number of nitrogens with one attached hydrogen (secondary N) is 1. The van der Waals surface area contributed by atoms with Gasteiger partial charge < -0.3 is 10.1 Å². The van der Waals surface area contributed by atoms with Crippen LogP contribution in [0, 0.1) is 5.92 Å². The Hall–Kier alpha value is -1.31. The zero-order valence-electron chi connectivity index (χ0n) is 10.2. The Bertz CT molecular complexity index is 461. The molecule has 0 aromatic carbocycles. The van der Waals surface area contributed by atoms with E-state index >= 15 is 0 Å². The van der Waals surface area contributed by atoms with Gasteiger partial charge in [-0.25, -0.2) is 4.98 Å².